The number of benzene rings is 2. The van der Waals surface area contributed by atoms with Gasteiger partial charge >= 0.3 is 0 Å². The fraction of sp³-hybridized carbons (Fsp3) is 0.158. The zero-order valence-corrected chi connectivity index (χ0v) is 12.9. The third-order valence-electron chi connectivity index (χ3n) is 4.43. The first-order valence-corrected chi connectivity index (χ1v) is 7.92. The summed E-state index contributed by atoms with van der Waals surface area (Å²) in [6, 6.07) is 16.4. The molecule has 4 rings (SSSR count). The highest BCUT2D eigenvalue weighted by molar-refractivity contribution is 6.31. The highest BCUT2D eigenvalue weighted by atomic mass is 35.5. The molecule has 0 N–H and O–H groups in total. The largest absolute Gasteiger partial charge is 0.0843 e. The van der Waals surface area contributed by atoms with Crippen LogP contribution < -0.4 is 0 Å². The Kier molecular flexibility index (Phi) is 3.17. The van der Waals surface area contributed by atoms with Gasteiger partial charge in [-0.05, 0) is 53.0 Å². The SMILES string of the molecule is Clc1ccc(C2=C(c3ccc(Cl)cc3)C3C=CC2C3)cc1. The second kappa shape index (κ2) is 5.05. The van der Waals surface area contributed by atoms with E-state index in [0.29, 0.717) is 11.8 Å². The van der Waals surface area contributed by atoms with Crippen LogP contribution in [0.15, 0.2) is 60.7 Å². The molecule has 2 aromatic rings. The van der Waals surface area contributed by atoms with Gasteiger partial charge in [-0.2, -0.15) is 0 Å². The molecule has 2 aliphatic carbocycles. The third-order valence-corrected chi connectivity index (χ3v) is 4.93. The van der Waals surface area contributed by atoms with Crippen molar-refractivity contribution in [3.63, 3.8) is 0 Å². The minimum absolute atomic E-state index is 0.529. The Morgan fingerprint density at radius 2 is 1.00 bits per heavy atom. The molecular formula is C19H14Cl2. The second-order valence-corrected chi connectivity index (χ2v) is 6.55. The van der Waals surface area contributed by atoms with E-state index in [-0.39, 0.29) is 0 Å². The van der Waals surface area contributed by atoms with Crippen molar-refractivity contribution >= 4 is 34.3 Å². The second-order valence-electron chi connectivity index (χ2n) is 5.67. The third kappa shape index (κ3) is 2.23. The monoisotopic (exact) mass is 312 g/mol. The summed E-state index contributed by atoms with van der Waals surface area (Å²) >= 11 is 12.0. The van der Waals surface area contributed by atoms with Gasteiger partial charge in [0.15, 0.2) is 0 Å². The normalized spacial score (nSPS) is 23.1. The molecule has 2 aromatic carbocycles. The van der Waals surface area contributed by atoms with Crippen molar-refractivity contribution in [3.8, 4) is 0 Å². The van der Waals surface area contributed by atoms with Crippen molar-refractivity contribution in [1.29, 1.82) is 0 Å². The van der Waals surface area contributed by atoms with Gasteiger partial charge in [-0.25, -0.2) is 0 Å². The highest BCUT2D eigenvalue weighted by Gasteiger charge is 2.36. The summed E-state index contributed by atoms with van der Waals surface area (Å²) in [5, 5.41) is 1.57. The minimum Gasteiger partial charge on any atom is -0.0843 e. The topological polar surface area (TPSA) is 0 Å². The molecule has 0 aromatic heterocycles. The molecule has 0 saturated heterocycles. The Hall–Kier alpha value is -1.50. The number of fused-ring (bicyclic) bond motifs is 2. The van der Waals surface area contributed by atoms with E-state index in [0.717, 1.165) is 10.0 Å². The molecule has 21 heavy (non-hydrogen) atoms. The van der Waals surface area contributed by atoms with E-state index >= 15 is 0 Å². The summed E-state index contributed by atoms with van der Waals surface area (Å²) < 4.78 is 0. The van der Waals surface area contributed by atoms with Crippen LogP contribution in [-0.2, 0) is 0 Å². The lowest BCUT2D eigenvalue weighted by Crippen LogP contribution is -1.98. The van der Waals surface area contributed by atoms with Crippen molar-refractivity contribution in [2.24, 2.45) is 11.8 Å². The molecule has 0 nitrogen and oxygen atoms in total. The molecule has 104 valence electrons. The molecule has 0 spiro atoms. The maximum absolute atomic E-state index is 6.02. The van der Waals surface area contributed by atoms with E-state index in [1.165, 1.54) is 28.7 Å². The standard InChI is InChI=1S/C19H14Cl2/c20-16-7-3-12(4-8-16)18-14-1-2-15(11-14)19(18)13-5-9-17(21)10-6-13/h1-10,14-15H,11H2. The Bertz CT molecular complexity index is 673. The van der Waals surface area contributed by atoms with Crippen molar-refractivity contribution in [2.75, 3.05) is 0 Å². The van der Waals surface area contributed by atoms with E-state index in [1.807, 2.05) is 24.3 Å². The van der Waals surface area contributed by atoms with Crippen LogP contribution in [0.5, 0.6) is 0 Å². The zero-order chi connectivity index (χ0) is 14.4. The molecule has 2 unspecified atom stereocenters. The molecule has 0 aliphatic heterocycles. The lowest BCUT2D eigenvalue weighted by Gasteiger charge is -2.17. The van der Waals surface area contributed by atoms with E-state index < -0.39 is 0 Å². The van der Waals surface area contributed by atoms with Crippen LogP contribution >= 0.6 is 23.2 Å². The Labute approximate surface area is 134 Å². The first-order valence-electron chi connectivity index (χ1n) is 7.16. The van der Waals surface area contributed by atoms with E-state index in [4.69, 9.17) is 23.2 Å². The van der Waals surface area contributed by atoms with Crippen molar-refractivity contribution < 1.29 is 0 Å². The van der Waals surface area contributed by atoms with Gasteiger partial charge in [0.25, 0.3) is 0 Å². The first kappa shape index (κ1) is 13.2. The fourth-order valence-corrected chi connectivity index (χ4v) is 3.78. The molecule has 2 atom stereocenters. The molecular weight excluding hydrogens is 299 g/mol. The minimum atomic E-state index is 0.529. The summed E-state index contributed by atoms with van der Waals surface area (Å²) in [7, 11) is 0. The quantitative estimate of drug-likeness (QED) is 0.587. The van der Waals surface area contributed by atoms with Gasteiger partial charge in [0.2, 0.25) is 0 Å². The fourth-order valence-electron chi connectivity index (χ4n) is 3.52. The van der Waals surface area contributed by atoms with E-state index in [2.05, 4.69) is 36.4 Å². The Morgan fingerprint density at radius 3 is 1.38 bits per heavy atom. The Morgan fingerprint density at radius 1 is 0.619 bits per heavy atom. The lowest BCUT2D eigenvalue weighted by molar-refractivity contribution is 0.746. The molecule has 0 fully saturated rings. The van der Waals surface area contributed by atoms with Crippen LogP contribution in [0, 0.1) is 11.8 Å². The maximum atomic E-state index is 6.02. The number of hydrogen-bond acceptors (Lipinski definition) is 0. The van der Waals surface area contributed by atoms with Gasteiger partial charge in [-0.15, -0.1) is 0 Å². The van der Waals surface area contributed by atoms with Gasteiger partial charge in [0.05, 0.1) is 0 Å². The van der Waals surface area contributed by atoms with Crippen LogP contribution in [0.25, 0.3) is 11.1 Å². The molecule has 0 heterocycles. The smallest absolute Gasteiger partial charge is 0.0406 e. The maximum Gasteiger partial charge on any atom is 0.0406 e. The van der Waals surface area contributed by atoms with Gasteiger partial charge in [-0.1, -0.05) is 59.6 Å². The summed E-state index contributed by atoms with van der Waals surface area (Å²) in [6.07, 6.45) is 5.87. The highest BCUT2D eigenvalue weighted by Crippen LogP contribution is 2.52. The zero-order valence-electron chi connectivity index (χ0n) is 11.4. The van der Waals surface area contributed by atoms with E-state index in [1.54, 1.807) is 0 Å². The molecule has 0 saturated carbocycles. The molecule has 2 aliphatic rings. The van der Waals surface area contributed by atoms with Crippen LogP contribution in [0.2, 0.25) is 10.0 Å². The summed E-state index contributed by atoms with van der Waals surface area (Å²) in [5.74, 6) is 1.06. The average molecular weight is 313 g/mol. The van der Waals surface area contributed by atoms with Crippen LogP contribution in [-0.4, -0.2) is 0 Å². The average Bonchev–Trinajstić information content (AvgIpc) is 3.10. The summed E-state index contributed by atoms with van der Waals surface area (Å²) in [6.45, 7) is 0. The van der Waals surface area contributed by atoms with Crippen LogP contribution in [0.1, 0.15) is 17.5 Å². The lowest BCUT2D eigenvalue weighted by atomic mass is 9.87. The van der Waals surface area contributed by atoms with Gasteiger partial charge in [0.1, 0.15) is 0 Å². The molecule has 0 amide bonds. The number of halogens is 2. The predicted octanol–water partition coefficient (Wildman–Crippen LogP) is 6.11. The van der Waals surface area contributed by atoms with Gasteiger partial charge in [0, 0.05) is 21.9 Å². The number of rotatable bonds is 2. The van der Waals surface area contributed by atoms with Gasteiger partial charge in [-0.3, -0.25) is 0 Å². The summed E-state index contributed by atoms with van der Waals surface area (Å²) in [4.78, 5) is 0. The molecule has 2 heteroatoms. The van der Waals surface area contributed by atoms with Crippen molar-refractivity contribution in [3.05, 3.63) is 81.9 Å². The predicted molar refractivity (Wildman–Crippen MR) is 90.5 cm³/mol. The van der Waals surface area contributed by atoms with Crippen molar-refractivity contribution in [1.82, 2.24) is 0 Å². The molecule has 0 radical (unpaired) electrons. The van der Waals surface area contributed by atoms with Crippen molar-refractivity contribution in [2.45, 2.75) is 6.42 Å². The van der Waals surface area contributed by atoms with Crippen LogP contribution in [0.4, 0.5) is 0 Å². The Balaban J connectivity index is 1.87. The molecule has 2 bridgehead atoms. The number of hydrogen-bond donors (Lipinski definition) is 0. The van der Waals surface area contributed by atoms with E-state index in [9.17, 15) is 0 Å². The van der Waals surface area contributed by atoms with Crippen LogP contribution in [0.3, 0.4) is 0 Å². The number of allylic oxidation sites excluding steroid dienone is 4. The van der Waals surface area contributed by atoms with Gasteiger partial charge < -0.3 is 0 Å². The first-order chi connectivity index (χ1) is 10.2. The summed E-state index contributed by atoms with van der Waals surface area (Å²) in [5.41, 5.74) is 5.45.